The highest BCUT2D eigenvalue weighted by Gasteiger charge is 2.75. The van der Waals surface area contributed by atoms with Gasteiger partial charge in [-0.3, -0.25) is 9.59 Å². The van der Waals surface area contributed by atoms with Crippen LogP contribution in [0.2, 0.25) is 0 Å². The Kier molecular flexibility index (Phi) is 6.41. The third-order valence-corrected chi connectivity index (χ3v) is 4.24. The third kappa shape index (κ3) is 3.68. The number of methoxy groups -OCH3 is 2. The number of Topliss-reactive ketones (excluding diaryl/α,β-unsaturated/α-hetero) is 1. The Labute approximate surface area is 158 Å². The summed E-state index contributed by atoms with van der Waals surface area (Å²) in [6, 6.07) is -1.29. The summed E-state index contributed by atoms with van der Waals surface area (Å²) in [6.45, 7) is 9.27. The summed E-state index contributed by atoms with van der Waals surface area (Å²) in [5.74, 6) is -6.79. The van der Waals surface area contributed by atoms with E-state index in [0.29, 0.717) is 0 Å². The van der Waals surface area contributed by atoms with E-state index < -0.39 is 58.6 Å². The van der Waals surface area contributed by atoms with E-state index in [1.807, 2.05) is 0 Å². The number of ether oxygens (including phenoxy) is 3. The molecule has 0 aromatic carbocycles. The van der Waals surface area contributed by atoms with Crippen LogP contribution >= 0.6 is 0 Å². The number of esters is 3. The summed E-state index contributed by atoms with van der Waals surface area (Å²) in [4.78, 5) is 63.5. The minimum absolute atomic E-state index is 0.523. The Balaban J connectivity index is 3.61. The second kappa shape index (κ2) is 7.66. The van der Waals surface area contributed by atoms with Crippen LogP contribution in [0.25, 0.3) is 0 Å². The average Bonchev–Trinajstić information content (AvgIpc) is 2.52. The van der Waals surface area contributed by atoms with Crippen LogP contribution in [0.1, 0.15) is 41.5 Å². The largest absolute Gasteiger partial charge is 0.467 e. The van der Waals surface area contributed by atoms with E-state index >= 15 is 0 Å². The van der Waals surface area contributed by atoms with Gasteiger partial charge < -0.3 is 19.1 Å². The number of hydrogen-bond donors (Lipinski definition) is 0. The number of carbonyl (C=O) groups excluding carboxylic acids is 5. The lowest BCUT2D eigenvalue weighted by atomic mass is 9.68. The van der Waals surface area contributed by atoms with Crippen molar-refractivity contribution in [3.8, 4) is 0 Å². The van der Waals surface area contributed by atoms with E-state index in [-0.39, 0.29) is 0 Å². The topological polar surface area (TPSA) is 116 Å². The number of β-lactam (4-membered cyclic amide) rings is 1. The van der Waals surface area contributed by atoms with Gasteiger partial charge >= 0.3 is 17.9 Å². The highest BCUT2D eigenvalue weighted by Crippen LogP contribution is 2.44. The van der Waals surface area contributed by atoms with Gasteiger partial charge in [0.15, 0.2) is 0 Å². The highest BCUT2D eigenvalue weighted by molar-refractivity contribution is 6.24. The quantitative estimate of drug-likeness (QED) is 0.281. The Morgan fingerprint density at radius 3 is 1.78 bits per heavy atom. The van der Waals surface area contributed by atoms with Crippen molar-refractivity contribution in [3.05, 3.63) is 0 Å². The number of carbonyl (C=O) groups is 5. The molecule has 0 aromatic heterocycles. The molecule has 1 rings (SSSR count). The maximum atomic E-state index is 12.8. The van der Waals surface area contributed by atoms with Crippen molar-refractivity contribution in [3.63, 3.8) is 0 Å². The summed E-state index contributed by atoms with van der Waals surface area (Å²) in [5.41, 5.74) is -3.23. The van der Waals surface area contributed by atoms with Crippen molar-refractivity contribution in [2.24, 2.45) is 11.8 Å². The Bertz CT molecular complexity index is 645. The van der Waals surface area contributed by atoms with Crippen LogP contribution in [-0.4, -0.2) is 65.9 Å². The van der Waals surface area contributed by atoms with E-state index in [9.17, 15) is 24.0 Å². The Morgan fingerprint density at radius 2 is 1.48 bits per heavy atom. The number of amides is 1. The van der Waals surface area contributed by atoms with Gasteiger partial charge in [-0.05, 0) is 33.6 Å². The molecule has 9 heteroatoms. The fourth-order valence-corrected chi connectivity index (χ4v) is 3.25. The van der Waals surface area contributed by atoms with Crippen LogP contribution in [0.4, 0.5) is 0 Å². The number of nitrogens with zero attached hydrogens (tertiary/aromatic N) is 1. The van der Waals surface area contributed by atoms with Crippen LogP contribution < -0.4 is 0 Å². The van der Waals surface area contributed by atoms with Crippen molar-refractivity contribution in [2.45, 2.75) is 58.7 Å². The first kappa shape index (κ1) is 22.6. The molecule has 1 fully saturated rings. The van der Waals surface area contributed by atoms with Crippen molar-refractivity contribution in [2.75, 3.05) is 14.2 Å². The zero-order valence-electron chi connectivity index (χ0n) is 16.9. The van der Waals surface area contributed by atoms with E-state index in [1.165, 1.54) is 0 Å². The van der Waals surface area contributed by atoms with Gasteiger partial charge in [0, 0.05) is 0 Å². The molecular formula is C18H27NO8. The lowest BCUT2D eigenvalue weighted by Crippen LogP contribution is -2.83. The lowest BCUT2D eigenvalue weighted by Gasteiger charge is -2.54. The van der Waals surface area contributed by atoms with Crippen LogP contribution in [0.15, 0.2) is 0 Å². The summed E-state index contributed by atoms with van der Waals surface area (Å²) in [7, 11) is 2.03. The molecule has 1 aliphatic heterocycles. The average molecular weight is 385 g/mol. The number of ketones is 1. The lowest BCUT2D eigenvalue weighted by molar-refractivity contribution is -0.211. The number of likely N-dealkylation sites (tertiary alicyclic amines) is 1. The van der Waals surface area contributed by atoms with E-state index in [2.05, 4.69) is 0 Å². The molecule has 1 aliphatic rings. The molecule has 1 heterocycles. The highest BCUT2D eigenvalue weighted by atomic mass is 16.6. The Morgan fingerprint density at radius 1 is 1.04 bits per heavy atom. The van der Waals surface area contributed by atoms with Gasteiger partial charge in [-0.1, -0.05) is 13.8 Å². The van der Waals surface area contributed by atoms with Gasteiger partial charge in [-0.15, -0.1) is 0 Å². The monoisotopic (exact) mass is 385 g/mol. The zero-order chi connectivity index (χ0) is 21.3. The predicted molar refractivity (Wildman–Crippen MR) is 92.3 cm³/mol. The van der Waals surface area contributed by atoms with Gasteiger partial charge in [0.1, 0.15) is 23.3 Å². The number of hydrogen-bond acceptors (Lipinski definition) is 8. The first-order valence-corrected chi connectivity index (χ1v) is 8.50. The fraction of sp³-hybridized carbons (Fsp3) is 0.722. The standard InChI is InChI=1S/C18H27NO8/c1-9(2)12(14(22)27-17(4,5)6)19-13(21)11(10(3)20)18(19,15(23)25-7)16(24)26-8/h9,11-12H,1-8H3/t11-,12-/m1/s1. The molecule has 152 valence electrons. The summed E-state index contributed by atoms with van der Waals surface area (Å²) in [6.07, 6.45) is 0. The van der Waals surface area contributed by atoms with Crippen LogP contribution in [0, 0.1) is 11.8 Å². The molecule has 27 heavy (non-hydrogen) atoms. The van der Waals surface area contributed by atoms with Gasteiger partial charge in [-0.2, -0.15) is 0 Å². The minimum Gasteiger partial charge on any atom is -0.467 e. The molecule has 0 aromatic rings. The minimum atomic E-state index is -2.36. The second-order valence-corrected chi connectivity index (χ2v) is 7.72. The predicted octanol–water partition coefficient (Wildman–Crippen LogP) is 0.485. The Hall–Kier alpha value is -2.45. The molecule has 0 bridgehead atoms. The molecule has 0 radical (unpaired) electrons. The van der Waals surface area contributed by atoms with Crippen molar-refractivity contribution >= 4 is 29.6 Å². The van der Waals surface area contributed by atoms with Crippen molar-refractivity contribution in [1.82, 2.24) is 4.90 Å². The van der Waals surface area contributed by atoms with Gasteiger partial charge in [-0.25, -0.2) is 14.4 Å². The molecule has 0 saturated carbocycles. The summed E-state index contributed by atoms with van der Waals surface area (Å²) in [5, 5.41) is 0. The molecule has 1 saturated heterocycles. The number of rotatable bonds is 6. The molecule has 2 atom stereocenters. The normalized spacial score (nSPS) is 19.8. The van der Waals surface area contributed by atoms with E-state index in [1.54, 1.807) is 34.6 Å². The summed E-state index contributed by atoms with van der Waals surface area (Å²) >= 11 is 0. The van der Waals surface area contributed by atoms with Crippen LogP contribution in [0.5, 0.6) is 0 Å². The smallest absolute Gasteiger partial charge is 0.345 e. The van der Waals surface area contributed by atoms with Gasteiger partial charge in [0.05, 0.1) is 14.2 Å². The maximum Gasteiger partial charge on any atom is 0.345 e. The van der Waals surface area contributed by atoms with Crippen LogP contribution in [0.3, 0.4) is 0 Å². The third-order valence-electron chi connectivity index (χ3n) is 4.24. The molecule has 0 spiro atoms. The molecule has 0 unspecified atom stereocenters. The van der Waals surface area contributed by atoms with Crippen molar-refractivity contribution < 1.29 is 38.2 Å². The van der Waals surface area contributed by atoms with Crippen molar-refractivity contribution in [1.29, 1.82) is 0 Å². The first-order chi connectivity index (χ1) is 12.3. The fourth-order valence-electron chi connectivity index (χ4n) is 3.25. The molecule has 0 N–H and O–H groups in total. The maximum absolute atomic E-state index is 12.8. The molecular weight excluding hydrogens is 358 g/mol. The van der Waals surface area contributed by atoms with Gasteiger partial charge in [0.2, 0.25) is 5.91 Å². The summed E-state index contributed by atoms with van der Waals surface area (Å²) < 4.78 is 14.8. The first-order valence-electron chi connectivity index (χ1n) is 8.50. The molecule has 9 nitrogen and oxygen atoms in total. The van der Waals surface area contributed by atoms with E-state index in [4.69, 9.17) is 14.2 Å². The van der Waals surface area contributed by atoms with Crippen LogP contribution in [-0.2, 0) is 38.2 Å². The molecule has 1 amide bonds. The SMILES string of the molecule is COC(=O)C1(C(=O)OC)[C@H](C(C)=O)C(=O)N1[C@@H](C(=O)OC(C)(C)C)C(C)C. The molecule has 0 aliphatic carbocycles. The second-order valence-electron chi connectivity index (χ2n) is 7.72. The van der Waals surface area contributed by atoms with Gasteiger partial charge in [0.25, 0.3) is 5.54 Å². The van der Waals surface area contributed by atoms with E-state index in [0.717, 1.165) is 26.0 Å². The zero-order valence-corrected chi connectivity index (χ0v) is 16.9.